The van der Waals surface area contributed by atoms with Crippen molar-refractivity contribution in [3.05, 3.63) is 34.9 Å². The SMILES string of the molecule is CCNC(=NCCC(CC)N1CCCC1=O)NCCc1ccc(Cl)cc1. The second-order valence-corrected chi connectivity index (χ2v) is 7.04. The molecule has 1 aromatic rings. The van der Waals surface area contributed by atoms with E-state index in [1.807, 2.05) is 29.2 Å². The molecule has 1 aromatic carbocycles. The quantitative estimate of drug-likeness (QED) is 0.512. The summed E-state index contributed by atoms with van der Waals surface area (Å²) in [6.07, 6.45) is 4.52. The number of nitrogens with zero attached hydrogens (tertiary/aromatic N) is 2. The first-order valence-electron chi connectivity index (χ1n) is 9.70. The number of hydrogen-bond acceptors (Lipinski definition) is 2. The molecule has 1 heterocycles. The van der Waals surface area contributed by atoms with Crippen molar-refractivity contribution in [1.82, 2.24) is 15.5 Å². The Morgan fingerprint density at radius 1 is 1.27 bits per heavy atom. The van der Waals surface area contributed by atoms with E-state index in [-0.39, 0.29) is 0 Å². The lowest BCUT2D eigenvalue weighted by molar-refractivity contribution is -0.129. The topological polar surface area (TPSA) is 56.7 Å². The molecule has 2 N–H and O–H groups in total. The summed E-state index contributed by atoms with van der Waals surface area (Å²) in [7, 11) is 0. The predicted molar refractivity (Wildman–Crippen MR) is 109 cm³/mol. The molecule has 1 unspecified atom stereocenters. The highest BCUT2D eigenvalue weighted by Gasteiger charge is 2.26. The predicted octanol–water partition coefficient (Wildman–Crippen LogP) is 3.23. The van der Waals surface area contributed by atoms with Crippen molar-refractivity contribution in [2.24, 2.45) is 4.99 Å². The Labute approximate surface area is 162 Å². The number of aliphatic imine (C=N–C) groups is 1. The van der Waals surface area contributed by atoms with Crippen molar-refractivity contribution in [2.75, 3.05) is 26.2 Å². The van der Waals surface area contributed by atoms with E-state index in [4.69, 9.17) is 11.6 Å². The van der Waals surface area contributed by atoms with Gasteiger partial charge in [-0.1, -0.05) is 30.7 Å². The van der Waals surface area contributed by atoms with Crippen LogP contribution in [0.2, 0.25) is 5.02 Å². The first kappa shape index (κ1) is 20.6. The number of hydrogen-bond donors (Lipinski definition) is 2. The van der Waals surface area contributed by atoms with Crippen molar-refractivity contribution >= 4 is 23.5 Å². The zero-order chi connectivity index (χ0) is 18.8. The molecule has 0 spiro atoms. The van der Waals surface area contributed by atoms with Crippen LogP contribution in [0.5, 0.6) is 0 Å². The number of rotatable bonds is 9. The molecule has 0 aliphatic carbocycles. The molecule has 6 heteroatoms. The highest BCUT2D eigenvalue weighted by molar-refractivity contribution is 6.30. The van der Waals surface area contributed by atoms with Crippen LogP contribution in [0.15, 0.2) is 29.3 Å². The number of nitrogens with one attached hydrogen (secondary N) is 2. The monoisotopic (exact) mass is 378 g/mol. The van der Waals surface area contributed by atoms with Crippen LogP contribution in [-0.2, 0) is 11.2 Å². The van der Waals surface area contributed by atoms with Gasteiger partial charge in [-0.2, -0.15) is 0 Å². The Balaban J connectivity index is 1.79. The molecule has 26 heavy (non-hydrogen) atoms. The van der Waals surface area contributed by atoms with Gasteiger partial charge in [0.25, 0.3) is 0 Å². The number of halogens is 1. The number of carbonyl (C=O) groups is 1. The van der Waals surface area contributed by atoms with E-state index in [2.05, 4.69) is 29.5 Å². The molecule has 1 atom stereocenters. The van der Waals surface area contributed by atoms with Gasteiger partial charge in [0.1, 0.15) is 0 Å². The summed E-state index contributed by atoms with van der Waals surface area (Å²) in [6.45, 7) is 7.48. The minimum absolute atomic E-state index is 0.300. The minimum atomic E-state index is 0.300. The van der Waals surface area contributed by atoms with Gasteiger partial charge in [-0.05, 0) is 50.3 Å². The second kappa shape index (κ2) is 11.1. The molecule has 1 aliphatic heterocycles. The van der Waals surface area contributed by atoms with Crippen molar-refractivity contribution < 1.29 is 4.79 Å². The fraction of sp³-hybridized carbons (Fsp3) is 0.600. The minimum Gasteiger partial charge on any atom is -0.357 e. The summed E-state index contributed by atoms with van der Waals surface area (Å²) in [6, 6.07) is 8.24. The summed E-state index contributed by atoms with van der Waals surface area (Å²) in [5, 5.41) is 7.43. The molecule has 0 radical (unpaired) electrons. The average molecular weight is 379 g/mol. The maximum Gasteiger partial charge on any atom is 0.222 e. The Morgan fingerprint density at radius 3 is 2.65 bits per heavy atom. The van der Waals surface area contributed by atoms with E-state index in [1.165, 1.54) is 5.56 Å². The van der Waals surface area contributed by atoms with Gasteiger partial charge in [0, 0.05) is 43.7 Å². The van der Waals surface area contributed by atoms with E-state index >= 15 is 0 Å². The molecule has 2 rings (SSSR count). The Kier molecular flexibility index (Phi) is 8.75. The Hall–Kier alpha value is -1.75. The number of benzene rings is 1. The van der Waals surface area contributed by atoms with Gasteiger partial charge in [-0.3, -0.25) is 9.79 Å². The van der Waals surface area contributed by atoms with Crippen LogP contribution in [0.3, 0.4) is 0 Å². The van der Waals surface area contributed by atoms with Gasteiger partial charge in [-0.15, -0.1) is 0 Å². The van der Waals surface area contributed by atoms with Crippen molar-refractivity contribution in [2.45, 2.75) is 52.0 Å². The standard InChI is InChI=1S/C20H31ClN4O/c1-3-18(25-15-5-6-19(25)26)12-14-24-20(22-4-2)23-13-11-16-7-9-17(21)10-8-16/h7-10,18H,3-6,11-15H2,1-2H3,(H2,22,23,24). The van der Waals surface area contributed by atoms with Crippen LogP contribution >= 0.6 is 11.6 Å². The van der Waals surface area contributed by atoms with Crippen molar-refractivity contribution in [3.8, 4) is 0 Å². The maximum atomic E-state index is 11.9. The molecule has 5 nitrogen and oxygen atoms in total. The zero-order valence-electron chi connectivity index (χ0n) is 15.9. The van der Waals surface area contributed by atoms with Gasteiger partial charge < -0.3 is 15.5 Å². The molecule has 1 fully saturated rings. The van der Waals surface area contributed by atoms with E-state index in [1.54, 1.807) is 0 Å². The maximum absolute atomic E-state index is 11.9. The summed E-state index contributed by atoms with van der Waals surface area (Å²) in [5.74, 6) is 1.14. The third-order valence-electron chi connectivity index (χ3n) is 4.72. The molecule has 0 saturated carbocycles. The largest absolute Gasteiger partial charge is 0.357 e. The first-order chi connectivity index (χ1) is 12.6. The van der Waals surface area contributed by atoms with Crippen LogP contribution in [0.4, 0.5) is 0 Å². The average Bonchev–Trinajstić information content (AvgIpc) is 3.06. The van der Waals surface area contributed by atoms with Gasteiger partial charge in [0.2, 0.25) is 5.91 Å². The molecular formula is C20H31ClN4O. The molecule has 1 aliphatic rings. The summed E-state index contributed by atoms with van der Waals surface area (Å²) < 4.78 is 0. The lowest BCUT2D eigenvalue weighted by Gasteiger charge is -2.26. The number of amides is 1. The number of carbonyl (C=O) groups excluding carboxylic acids is 1. The van der Waals surface area contributed by atoms with Gasteiger partial charge in [0.15, 0.2) is 5.96 Å². The molecule has 0 bridgehead atoms. The lowest BCUT2D eigenvalue weighted by atomic mass is 10.1. The highest BCUT2D eigenvalue weighted by Crippen LogP contribution is 2.18. The van der Waals surface area contributed by atoms with Crippen molar-refractivity contribution in [1.29, 1.82) is 0 Å². The van der Waals surface area contributed by atoms with Crippen molar-refractivity contribution in [3.63, 3.8) is 0 Å². The molecule has 1 amide bonds. The van der Waals surface area contributed by atoms with Gasteiger partial charge >= 0.3 is 0 Å². The van der Waals surface area contributed by atoms with E-state index in [0.717, 1.165) is 62.8 Å². The zero-order valence-corrected chi connectivity index (χ0v) is 16.7. The molecule has 144 valence electrons. The number of guanidine groups is 1. The van der Waals surface area contributed by atoms with Crippen LogP contribution in [-0.4, -0.2) is 49.0 Å². The molecule has 1 saturated heterocycles. The van der Waals surface area contributed by atoms with Crippen LogP contribution in [0.25, 0.3) is 0 Å². The van der Waals surface area contributed by atoms with Gasteiger partial charge in [-0.25, -0.2) is 0 Å². The summed E-state index contributed by atoms with van der Waals surface area (Å²) in [5.41, 5.74) is 1.25. The third-order valence-corrected chi connectivity index (χ3v) is 4.97. The van der Waals surface area contributed by atoms with Gasteiger partial charge in [0.05, 0.1) is 0 Å². The highest BCUT2D eigenvalue weighted by atomic mass is 35.5. The molecule has 0 aromatic heterocycles. The second-order valence-electron chi connectivity index (χ2n) is 6.61. The van der Waals surface area contributed by atoms with Crippen LogP contribution in [0.1, 0.15) is 45.1 Å². The van der Waals surface area contributed by atoms with E-state index in [0.29, 0.717) is 18.4 Å². The van der Waals surface area contributed by atoms with E-state index in [9.17, 15) is 4.79 Å². The first-order valence-corrected chi connectivity index (χ1v) is 10.1. The summed E-state index contributed by atoms with van der Waals surface area (Å²) >= 11 is 5.92. The third kappa shape index (κ3) is 6.52. The Bertz CT molecular complexity index is 588. The van der Waals surface area contributed by atoms with E-state index < -0.39 is 0 Å². The molecular weight excluding hydrogens is 348 g/mol. The fourth-order valence-corrected chi connectivity index (χ4v) is 3.40. The lowest BCUT2D eigenvalue weighted by Crippen LogP contribution is -2.39. The fourth-order valence-electron chi connectivity index (χ4n) is 3.28. The van der Waals surface area contributed by atoms with Crippen LogP contribution in [0, 0.1) is 0 Å². The van der Waals surface area contributed by atoms with Crippen LogP contribution < -0.4 is 10.6 Å². The Morgan fingerprint density at radius 2 is 2.04 bits per heavy atom. The summed E-state index contributed by atoms with van der Waals surface area (Å²) in [4.78, 5) is 18.6. The smallest absolute Gasteiger partial charge is 0.222 e. The normalized spacial score (nSPS) is 16.0. The number of likely N-dealkylation sites (tertiary alicyclic amines) is 1.